The van der Waals surface area contributed by atoms with Crippen molar-refractivity contribution in [2.75, 3.05) is 31.2 Å². The number of benzene rings is 1. The normalized spacial score (nSPS) is 18.3. The van der Waals surface area contributed by atoms with Gasteiger partial charge in [-0.05, 0) is 31.0 Å². The quantitative estimate of drug-likeness (QED) is 0.645. The SMILES string of the molecule is O=C(N1CCOCC1)N1Cc2c(-c3nc(C4CC4)no3)ncn2-c2ccc(F)cc21. The zero-order valence-electron chi connectivity index (χ0n) is 16.1. The maximum atomic E-state index is 14.1. The molecule has 0 bridgehead atoms. The van der Waals surface area contributed by atoms with E-state index in [4.69, 9.17) is 9.26 Å². The van der Waals surface area contributed by atoms with Crippen molar-refractivity contribution in [1.29, 1.82) is 0 Å². The first-order valence-corrected chi connectivity index (χ1v) is 10.0. The van der Waals surface area contributed by atoms with E-state index in [9.17, 15) is 9.18 Å². The van der Waals surface area contributed by atoms with Crippen molar-refractivity contribution >= 4 is 11.7 Å². The Kier molecular flexibility index (Phi) is 3.88. The van der Waals surface area contributed by atoms with Gasteiger partial charge in [-0.1, -0.05) is 5.16 Å². The molecule has 9 nitrogen and oxygen atoms in total. The number of hydrogen-bond acceptors (Lipinski definition) is 6. The monoisotopic (exact) mass is 410 g/mol. The fourth-order valence-electron chi connectivity index (χ4n) is 4.00. The molecule has 1 saturated heterocycles. The molecule has 0 radical (unpaired) electrons. The lowest BCUT2D eigenvalue weighted by Crippen LogP contribution is -2.49. The zero-order chi connectivity index (χ0) is 20.2. The van der Waals surface area contributed by atoms with Crippen LogP contribution in [0.5, 0.6) is 0 Å². The Labute approximate surface area is 171 Å². The number of hydrogen-bond donors (Lipinski definition) is 0. The van der Waals surface area contributed by atoms with Crippen molar-refractivity contribution in [2.45, 2.75) is 25.3 Å². The van der Waals surface area contributed by atoms with E-state index in [1.54, 1.807) is 22.2 Å². The second-order valence-corrected chi connectivity index (χ2v) is 7.74. The standard InChI is InChI=1S/C20H19FN6O3/c21-13-3-4-14-15(9-13)26(20(28)25-5-7-29-8-6-25)10-16-17(22-11-27(14)16)19-23-18(24-30-19)12-1-2-12/h3-4,9,11-12H,1-2,5-8,10H2. The Morgan fingerprint density at radius 3 is 2.80 bits per heavy atom. The van der Waals surface area contributed by atoms with Gasteiger partial charge in [0.15, 0.2) is 11.5 Å². The average molecular weight is 410 g/mol. The molecule has 1 saturated carbocycles. The Balaban J connectivity index is 1.42. The molecule has 3 aromatic rings. The number of amides is 2. The number of halogens is 1. The summed E-state index contributed by atoms with van der Waals surface area (Å²) in [5.41, 5.74) is 2.48. The summed E-state index contributed by atoms with van der Waals surface area (Å²) in [5, 5.41) is 4.08. The van der Waals surface area contributed by atoms with Crippen LogP contribution in [0.4, 0.5) is 14.9 Å². The first-order chi connectivity index (χ1) is 14.7. The number of carbonyl (C=O) groups is 1. The van der Waals surface area contributed by atoms with Crippen LogP contribution in [-0.4, -0.2) is 56.9 Å². The minimum atomic E-state index is -0.400. The third kappa shape index (κ3) is 2.78. The number of ether oxygens (including phenoxy) is 1. The molecular weight excluding hydrogens is 391 g/mol. The Morgan fingerprint density at radius 2 is 2.00 bits per heavy atom. The molecule has 4 heterocycles. The first-order valence-electron chi connectivity index (χ1n) is 10.0. The Hall–Kier alpha value is -3.27. The van der Waals surface area contributed by atoms with Gasteiger partial charge in [0, 0.05) is 19.0 Å². The second-order valence-electron chi connectivity index (χ2n) is 7.74. The summed E-state index contributed by atoms with van der Waals surface area (Å²) in [6.07, 6.45) is 3.79. The smallest absolute Gasteiger partial charge is 0.325 e. The Bertz CT molecular complexity index is 1130. The number of carbonyl (C=O) groups excluding carboxylic acids is 1. The molecule has 10 heteroatoms. The van der Waals surface area contributed by atoms with Crippen molar-refractivity contribution in [3.05, 3.63) is 41.9 Å². The lowest BCUT2D eigenvalue weighted by Gasteiger charge is -2.36. The molecule has 0 spiro atoms. The second kappa shape index (κ2) is 6.63. The molecule has 0 N–H and O–H groups in total. The summed E-state index contributed by atoms with van der Waals surface area (Å²) in [6.45, 7) is 2.21. The van der Waals surface area contributed by atoms with Crippen molar-refractivity contribution < 1.29 is 18.4 Å². The molecule has 30 heavy (non-hydrogen) atoms. The van der Waals surface area contributed by atoms with E-state index in [2.05, 4.69) is 15.1 Å². The minimum Gasteiger partial charge on any atom is -0.378 e. The summed E-state index contributed by atoms with van der Waals surface area (Å²) >= 11 is 0. The summed E-state index contributed by atoms with van der Waals surface area (Å²) < 4.78 is 26.8. The zero-order valence-corrected chi connectivity index (χ0v) is 16.1. The predicted molar refractivity (Wildman–Crippen MR) is 103 cm³/mol. The molecular formula is C20H19FN6O3. The van der Waals surface area contributed by atoms with Crippen LogP contribution < -0.4 is 4.90 Å². The van der Waals surface area contributed by atoms with E-state index in [0.717, 1.165) is 18.5 Å². The number of urea groups is 1. The summed E-state index contributed by atoms with van der Waals surface area (Å²) in [5.74, 6) is 1.01. The first kappa shape index (κ1) is 17.6. The number of aromatic nitrogens is 4. The minimum absolute atomic E-state index is 0.187. The number of imidazole rings is 1. The van der Waals surface area contributed by atoms with Gasteiger partial charge in [0.05, 0.1) is 36.8 Å². The number of morpholine rings is 1. The van der Waals surface area contributed by atoms with Crippen LogP contribution in [0.25, 0.3) is 17.3 Å². The molecule has 2 amide bonds. The van der Waals surface area contributed by atoms with E-state index in [1.807, 2.05) is 4.57 Å². The lowest BCUT2D eigenvalue weighted by molar-refractivity contribution is 0.0547. The summed E-state index contributed by atoms with van der Waals surface area (Å²) in [4.78, 5) is 25.6. The van der Waals surface area contributed by atoms with Gasteiger partial charge in [-0.3, -0.25) is 9.47 Å². The average Bonchev–Trinajstić information content (AvgIpc) is 3.35. The van der Waals surface area contributed by atoms with Crippen LogP contribution in [0.3, 0.4) is 0 Å². The van der Waals surface area contributed by atoms with Gasteiger partial charge in [-0.25, -0.2) is 14.2 Å². The van der Waals surface area contributed by atoms with E-state index in [1.165, 1.54) is 12.1 Å². The lowest BCUT2D eigenvalue weighted by atomic mass is 10.1. The number of nitrogens with zero attached hydrogens (tertiary/aromatic N) is 6. The highest BCUT2D eigenvalue weighted by Crippen LogP contribution is 2.40. The molecule has 2 aromatic heterocycles. The van der Waals surface area contributed by atoms with E-state index < -0.39 is 5.82 Å². The van der Waals surface area contributed by atoms with Crippen LogP contribution in [0.2, 0.25) is 0 Å². The van der Waals surface area contributed by atoms with Gasteiger partial charge in [-0.15, -0.1) is 0 Å². The molecule has 2 aliphatic heterocycles. The topological polar surface area (TPSA) is 89.5 Å². The fraction of sp³-hybridized carbons (Fsp3) is 0.400. The van der Waals surface area contributed by atoms with Crippen LogP contribution in [0.15, 0.2) is 29.0 Å². The van der Waals surface area contributed by atoms with E-state index >= 15 is 0 Å². The molecule has 0 unspecified atom stereocenters. The number of anilines is 1. The number of rotatable bonds is 2. The van der Waals surface area contributed by atoms with Gasteiger partial charge in [0.2, 0.25) is 0 Å². The molecule has 3 aliphatic rings. The van der Waals surface area contributed by atoms with Crippen molar-refractivity contribution in [2.24, 2.45) is 0 Å². The molecule has 6 rings (SSSR count). The molecule has 1 aliphatic carbocycles. The van der Waals surface area contributed by atoms with Gasteiger partial charge in [0.1, 0.15) is 12.1 Å². The summed E-state index contributed by atoms with van der Waals surface area (Å²) in [6, 6.07) is 4.23. The van der Waals surface area contributed by atoms with Crippen molar-refractivity contribution in [3.63, 3.8) is 0 Å². The van der Waals surface area contributed by atoms with Crippen LogP contribution >= 0.6 is 0 Å². The maximum Gasteiger partial charge on any atom is 0.325 e. The third-order valence-corrected chi connectivity index (χ3v) is 5.76. The maximum absolute atomic E-state index is 14.1. The number of fused-ring (bicyclic) bond motifs is 3. The van der Waals surface area contributed by atoms with Crippen LogP contribution in [0, 0.1) is 5.82 Å². The summed E-state index contributed by atoms with van der Waals surface area (Å²) in [7, 11) is 0. The fourth-order valence-corrected chi connectivity index (χ4v) is 4.00. The van der Waals surface area contributed by atoms with Crippen LogP contribution in [-0.2, 0) is 11.3 Å². The van der Waals surface area contributed by atoms with Gasteiger partial charge >= 0.3 is 6.03 Å². The van der Waals surface area contributed by atoms with E-state index in [-0.39, 0.29) is 12.6 Å². The highest BCUT2D eigenvalue weighted by molar-refractivity contribution is 5.95. The van der Waals surface area contributed by atoms with Gasteiger partial charge in [-0.2, -0.15) is 4.98 Å². The Morgan fingerprint density at radius 1 is 1.17 bits per heavy atom. The highest BCUT2D eigenvalue weighted by atomic mass is 19.1. The van der Waals surface area contributed by atoms with E-state index in [0.29, 0.717) is 61.0 Å². The van der Waals surface area contributed by atoms with Gasteiger partial charge in [0.25, 0.3) is 5.89 Å². The third-order valence-electron chi connectivity index (χ3n) is 5.76. The van der Waals surface area contributed by atoms with Crippen LogP contribution in [0.1, 0.15) is 30.3 Å². The highest BCUT2D eigenvalue weighted by Gasteiger charge is 2.35. The largest absolute Gasteiger partial charge is 0.378 e. The molecule has 154 valence electrons. The molecule has 1 aromatic carbocycles. The molecule has 2 fully saturated rings. The predicted octanol–water partition coefficient (Wildman–Crippen LogP) is 2.71. The van der Waals surface area contributed by atoms with Crippen molar-refractivity contribution in [3.8, 4) is 17.3 Å². The van der Waals surface area contributed by atoms with Gasteiger partial charge < -0.3 is 14.2 Å². The van der Waals surface area contributed by atoms with Crippen molar-refractivity contribution in [1.82, 2.24) is 24.6 Å². The molecule has 0 atom stereocenters.